The minimum atomic E-state index is 0.0983. The highest BCUT2D eigenvalue weighted by molar-refractivity contribution is 5.76. The van der Waals surface area contributed by atoms with Crippen LogP contribution in [-0.2, 0) is 9.59 Å². The van der Waals surface area contributed by atoms with E-state index >= 15 is 0 Å². The lowest BCUT2D eigenvalue weighted by Gasteiger charge is -2.31. The summed E-state index contributed by atoms with van der Waals surface area (Å²) in [7, 11) is 0. The van der Waals surface area contributed by atoms with Crippen molar-refractivity contribution < 1.29 is 9.59 Å². The van der Waals surface area contributed by atoms with Crippen LogP contribution in [0.25, 0.3) is 0 Å². The first kappa shape index (κ1) is 14.0. The molecule has 0 spiro atoms. The first-order chi connectivity index (χ1) is 8.13. The van der Waals surface area contributed by atoms with Crippen molar-refractivity contribution in [2.24, 2.45) is 0 Å². The maximum atomic E-state index is 11.2. The smallest absolute Gasteiger partial charge is 0.221 e. The number of likely N-dealkylation sites (tertiary alicyclic amines) is 1. The molecule has 98 valence electrons. The van der Waals surface area contributed by atoms with E-state index in [0.717, 1.165) is 32.5 Å². The Bertz CT molecular complexity index is 260. The zero-order valence-electron chi connectivity index (χ0n) is 10.8. The van der Waals surface area contributed by atoms with Crippen molar-refractivity contribution in [2.75, 3.05) is 26.2 Å². The summed E-state index contributed by atoms with van der Waals surface area (Å²) < 4.78 is 0. The second kappa shape index (κ2) is 7.27. The minimum Gasteiger partial charge on any atom is -0.356 e. The summed E-state index contributed by atoms with van der Waals surface area (Å²) >= 11 is 0. The number of carbonyl (C=O) groups is 2. The molecule has 1 aliphatic heterocycles. The van der Waals surface area contributed by atoms with E-state index in [1.54, 1.807) is 6.92 Å². The quantitative estimate of drug-likeness (QED) is 0.718. The summed E-state index contributed by atoms with van der Waals surface area (Å²) in [5.74, 6) is 0.256. The Morgan fingerprint density at radius 3 is 2.47 bits per heavy atom. The van der Waals surface area contributed by atoms with Crippen molar-refractivity contribution in [3.63, 3.8) is 0 Å². The van der Waals surface area contributed by atoms with Gasteiger partial charge in [-0.2, -0.15) is 0 Å². The van der Waals surface area contributed by atoms with Crippen LogP contribution in [-0.4, -0.2) is 48.9 Å². The van der Waals surface area contributed by atoms with Gasteiger partial charge in [-0.15, -0.1) is 0 Å². The molecular formula is C12H23N3O2. The Morgan fingerprint density at radius 1 is 1.29 bits per heavy atom. The zero-order valence-corrected chi connectivity index (χ0v) is 10.8. The first-order valence-electron chi connectivity index (χ1n) is 6.39. The zero-order chi connectivity index (χ0) is 12.7. The van der Waals surface area contributed by atoms with Gasteiger partial charge in [0.2, 0.25) is 11.8 Å². The van der Waals surface area contributed by atoms with E-state index in [1.807, 2.05) is 11.8 Å². The van der Waals surface area contributed by atoms with Crippen LogP contribution >= 0.6 is 0 Å². The van der Waals surface area contributed by atoms with E-state index in [2.05, 4.69) is 10.6 Å². The topological polar surface area (TPSA) is 61.4 Å². The van der Waals surface area contributed by atoms with E-state index in [1.165, 1.54) is 0 Å². The van der Waals surface area contributed by atoms with Gasteiger partial charge < -0.3 is 15.5 Å². The molecule has 0 radical (unpaired) electrons. The fraction of sp³-hybridized carbons (Fsp3) is 0.833. The molecule has 0 unspecified atom stereocenters. The number of piperidine rings is 1. The lowest BCUT2D eigenvalue weighted by atomic mass is 10.0. The molecule has 2 amide bonds. The van der Waals surface area contributed by atoms with Gasteiger partial charge in [-0.05, 0) is 19.8 Å². The third-order valence-electron chi connectivity index (χ3n) is 3.10. The van der Waals surface area contributed by atoms with Gasteiger partial charge in [-0.3, -0.25) is 9.59 Å². The Balaban J connectivity index is 2.10. The van der Waals surface area contributed by atoms with E-state index in [4.69, 9.17) is 0 Å². The molecule has 0 saturated carbocycles. The lowest BCUT2D eigenvalue weighted by Crippen LogP contribution is -2.44. The van der Waals surface area contributed by atoms with E-state index < -0.39 is 0 Å². The summed E-state index contributed by atoms with van der Waals surface area (Å²) in [4.78, 5) is 24.2. The van der Waals surface area contributed by atoms with Gasteiger partial charge in [0.05, 0.1) is 0 Å². The van der Waals surface area contributed by atoms with Gasteiger partial charge in [0.1, 0.15) is 0 Å². The number of nitrogens with one attached hydrogen (secondary N) is 2. The number of carbonyl (C=O) groups excluding carboxylic acids is 2. The van der Waals surface area contributed by atoms with Crippen molar-refractivity contribution in [3.05, 3.63) is 0 Å². The second-order valence-electron chi connectivity index (χ2n) is 4.44. The van der Waals surface area contributed by atoms with Gasteiger partial charge >= 0.3 is 0 Å². The molecular weight excluding hydrogens is 218 g/mol. The fourth-order valence-corrected chi connectivity index (χ4v) is 2.07. The molecule has 1 rings (SSSR count). The summed E-state index contributed by atoms with van der Waals surface area (Å²) in [6.45, 7) is 6.60. The SMILES string of the molecule is CCNC(=O)CCNC1CCN(C(C)=O)CC1. The molecule has 5 nitrogen and oxygen atoms in total. The summed E-state index contributed by atoms with van der Waals surface area (Å²) in [5, 5.41) is 6.15. The number of amides is 2. The van der Waals surface area contributed by atoms with Gasteiger partial charge in [0, 0.05) is 45.6 Å². The van der Waals surface area contributed by atoms with Gasteiger partial charge in [0.15, 0.2) is 0 Å². The minimum absolute atomic E-state index is 0.0983. The van der Waals surface area contributed by atoms with Crippen LogP contribution in [0.3, 0.4) is 0 Å². The molecule has 0 aliphatic carbocycles. The monoisotopic (exact) mass is 241 g/mol. The summed E-state index contributed by atoms with van der Waals surface area (Å²) in [5.41, 5.74) is 0. The molecule has 17 heavy (non-hydrogen) atoms. The van der Waals surface area contributed by atoms with E-state index in [0.29, 0.717) is 19.0 Å². The van der Waals surface area contributed by atoms with Crippen LogP contribution in [0.1, 0.15) is 33.1 Å². The van der Waals surface area contributed by atoms with Crippen molar-refractivity contribution >= 4 is 11.8 Å². The Kier molecular flexibility index (Phi) is 5.97. The maximum Gasteiger partial charge on any atom is 0.221 e. The van der Waals surface area contributed by atoms with Crippen LogP contribution in [0, 0.1) is 0 Å². The van der Waals surface area contributed by atoms with Crippen molar-refractivity contribution in [3.8, 4) is 0 Å². The third kappa shape index (κ3) is 5.17. The van der Waals surface area contributed by atoms with Crippen molar-refractivity contribution in [1.29, 1.82) is 0 Å². The molecule has 1 aliphatic rings. The Labute approximate surface area is 103 Å². The molecule has 1 fully saturated rings. The first-order valence-corrected chi connectivity index (χ1v) is 6.39. The molecule has 0 atom stereocenters. The maximum absolute atomic E-state index is 11.2. The van der Waals surface area contributed by atoms with Crippen LogP contribution in [0.4, 0.5) is 0 Å². The summed E-state index contributed by atoms with van der Waals surface area (Å²) in [6.07, 6.45) is 2.49. The normalized spacial score (nSPS) is 16.9. The summed E-state index contributed by atoms with van der Waals surface area (Å²) in [6, 6.07) is 0.444. The predicted molar refractivity (Wildman–Crippen MR) is 66.6 cm³/mol. The molecule has 1 saturated heterocycles. The van der Waals surface area contributed by atoms with Crippen LogP contribution < -0.4 is 10.6 Å². The molecule has 0 aromatic carbocycles. The number of hydrogen-bond acceptors (Lipinski definition) is 3. The molecule has 5 heteroatoms. The van der Waals surface area contributed by atoms with E-state index in [9.17, 15) is 9.59 Å². The third-order valence-corrected chi connectivity index (χ3v) is 3.10. The van der Waals surface area contributed by atoms with Crippen LogP contribution in [0.15, 0.2) is 0 Å². The van der Waals surface area contributed by atoms with Crippen molar-refractivity contribution in [2.45, 2.75) is 39.2 Å². The fourth-order valence-electron chi connectivity index (χ4n) is 2.07. The van der Waals surface area contributed by atoms with Crippen LogP contribution in [0.5, 0.6) is 0 Å². The van der Waals surface area contributed by atoms with Gasteiger partial charge in [-0.1, -0.05) is 0 Å². The largest absolute Gasteiger partial charge is 0.356 e. The Morgan fingerprint density at radius 2 is 1.94 bits per heavy atom. The Hall–Kier alpha value is -1.10. The molecule has 1 heterocycles. The molecule has 0 aromatic rings. The molecule has 0 bridgehead atoms. The van der Waals surface area contributed by atoms with Gasteiger partial charge in [-0.25, -0.2) is 0 Å². The standard InChI is InChI=1S/C12H23N3O2/c1-3-13-12(17)4-7-14-11-5-8-15(9-6-11)10(2)16/h11,14H,3-9H2,1-2H3,(H,13,17). The highest BCUT2D eigenvalue weighted by Crippen LogP contribution is 2.10. The average Bonchev–Trinajstić information content (AvgIpc) is 2.30. The van der Waals surface area contributed by atoms with E-state index in [-0.39, 0.29) is 11.8 Å². The molecule has 0 aromatic heterocycles. The van der Waals surface area contributed by atoms with Crippen molar-refractivity contribution in [1.82, 2.24) is 15.5 Å². The average molecular weight is 241 g/mol. The predicted octanol–water partition coefficient (Wildman–Crippen LogP) is 0.113. The lowest BCUT2D eigenvalue weighted by molar-refractivity contribution is -0.129. The highest BCUT2D eigenvalue weighted by atomic mass is 16.2. The van der Waals surface area contributed by atoms with Gasteiger partial charge in [0.25, 0.3) is 0 Å². The van der Waals surface area contributed by atoms with Crippen LogP contribution in [0.2, 0.25) is 0 Å². The number of nitrogens with zero attached hydrogens (tertiary/aromatic N) is 1. The highest BCUT2D eigenvalue weighted by Gasteiger charge is 2.19. The molecule has 2 N–H and O–H groups in total. The number of hydrogen-bond donors (Lipinski definition) is 2. The second-order valence-corrected chi connectivity index (χ2v) is 4.44. The number of rotatable bonds is 5.